The third-order valence-electron chi connectivity index (χ3n) is 3.11. The number of hydrogen-bond acceptors (Lipinski definition) is 2. The molecule has 4 heteroatoms. The monoisotopic (exact) mass is 285 g/mol. The summed E-state index contributed by atoms with van der Waals surface area (Å²) in [5, 5.41) is 8.17. The maximum Gasteiger partial charge on any atom is 0.0938 e. The highest BCUT2D eigenvalue weighted by Gasteiger charge is 2.29. The molecule has 1 fully saturated rings. The van der Waals surface area contributed by atoms with E-state index >= 15 is 0 Å². The summed E-state index contributed by atoms with van der Waals surface area (Å²) in [6.45, 7) is 7.78. The van der Waals surface area contributed by atoms with Crippen LogP contribution >= 0.6 is 15.9 Å². The molecule has 16 heavy (non-hydrogen) atoms. The Kier molecular flexibility index (Phi) is 3.14. The first kappa shape index (κ1) is 12.1. The zero-order chi connectivity index (χ0) is 11.9. The average molecular weight is 286 g/mol. The van der Waals surface area contributed by atoms with Crippen LogP contribution in [0.4, 0.5) is 0 Å². The molecule has 1 aliphatic rings. The van der Waals surface area contributed by atoms with Crippen LogP contribution in [0.25, 0.3) is 0 Å². The molecule has 2 heterocycles. The Labute approximate surface area is 106 Å². The highest BCUT2D eigenvalue weighted by Crippen LogP contribution is 2.36. The lowest BCUT2D eigenvalue weighted by Gasteiger charge is -2.19. The maximum atomic E-state index is 4.67. The van der Waals surface area contributed by atoms with Crippen LogP contribution in [0.1, 0.15) is 51.0 Å². The second-order valence-corrected chi connectivity index (χ2v) is 6.36. The highest BCUT2D eigenvalue weighted by molar-refractivity contribution is 9.10. The molecular weight excluding hydrogens is 266 g/mol. The molecule has 0 radical (unpaired) electrons. The summed E-state index contributed by atoms with van der Waals surface area (Å²) in [6, 6.07) is 0.427. The van der Waals surface area contributed by atoms with Crippen molar-refractivity contribution in [2.45, 2.75) is 45.1 Å². The first-order valence-corrected chi connectivity index (χ1v) is 6.67. The number of nitrogens with zero attached hydrogens (tertiary/aromatic N) is 2. The summed E-state index contributed by atoms with van der Waals surface area (Å²) in [6.07, 6.45) is 2.44. The third-order valence-corrected chi connectivity index (χ3v) is 3.90. The van der Waals surface area contributed by atoms with E-state index in [0.29, 0.717) is 6.04 Å². The second-order valence-electron chi connectivity index (χ2n) is 5.57. The molecule has 0 aliphatic carbocycles. The molecule has 0 aromatic carbocycles. The fourth-order valence-corrected chi connectivity index (χ4v) is 3.68. The molecule has 1 aliphatic heterocycles. The molecule has 1 aromatic rings. The standard InChI is InChI=1S/C12H20BrN3/c1-12(2,3)11-9(13)10(15-16(11)4)8-6-5-7-14-8/h8,14H,5-7H2,1-4H3. The van der Waals surface area contributed by atoms with Crippen LogP contribution in [0, 0.1) is 0 Å². The Balaban J connectivity index is 2.42. The lowest BCUT2D eigenvalue weighted by molar-refractivity contribution is 0.518. The fourth-order valence-electron chi connectivity index (χ4n) is 2.47. The summed E-state index contributed by atoms with van der Waals surface area (Å²) >= 11 is 3.72. The van der Waals surface area contributed by atoms with E-state index in [1.807, 2.05) is 11.7 Å². The second kappa shape index (κ2) is 4.15. The molecule has 2 rings (SSSR count). The van der Waals surface area contributed by atoms with Crippen LogP contribution in [-0.4, -0.2) is 16.3 Å². The molecule has 0 spiro atoms. The van der Waals surface area contributed by atoms with E-state index < -0.39 is 0 Å². The van der Waals surface area contributed by atoms with Crippen molar-refractivity contribution < 1.29 is 0 Å². The largest absolute Gasteiger partial charge is 0.309 e. The normalized spacial score (nSPS) is 21.7. The van der Waals surface area contributed by atoms with Gasteiger partial charge in [0.05, 0.1) is 21.9 Å². The molecule has 0 saturated carbocycles. The van der Waals surface area contributed by atoms with Gasteiger partial charge < -0.3 is 5.32 Å². The Bertz CT molecular complexity index is 384. The van der Waals surface area contributed by atoms with E-state index in [-0.39, 0.29) is 5.41 Å². The molecule has 0 bridgehead atoms. The van der Waals surface area contributed by atoms with Gasteiger partial charge in [-0.1, -0.05) is 20.8 Å². The molecule has 1 atom stereocenters. The van der Waals surface area contributed by atoms with Crippen LogP contribution in [0.3, 0.4) is 0 Å². The van der Waals surface area contributed by atoms with E-state index in [0.717, 1.165) is 6.54 Å². The third kappa shape index (κ3) is 2.05. The summed E-state index contributed by atoms with van der Waals surface area (Å²) in [5.74, 6) is 0. The average Bonchev–Trinajstić information content (AvgIpc) is 2.71. The first-order chi connectivity index (χ1) is 7.41. The van der Waals surface area contributed by atoms with Gasteiger partial charge in [0.2, 0.25) is 0 Å². The Morgan fingerprint density at radius 1 is 1.44 bits per heavy atom. The number of aryl methyl sites for hydroxylation is 1. The van der Waals surface area contributed by atoms with E-state index in [4.69, 9.17) is 0 Å². The molecule has 1 unspecified atom stereocenters. The predicted octanol–water partition coefficient (Wildman–Crippen LogP) is 2.90. The van der Waals surface area contributed by atoms with Crippen LogP contribution < -0.4 is 5.32 Å². The molecule has 1 saturated heterocycles. The van der Waals surface area contributed by atoms with Crippen molar-refractivity contribution in [3.63, 3.8) is 0 Å². The van der Waals surface area contributed by atoms with Gasteiger partial charge >= 0.3 is 0 Å². The van der Waals surface area contributed by atoms with E-state index in [1.165, 1.54) is 28.7 Å². The number of hydrogen-bond donors (Lipinski definition) is 1. The number of aromatic nitrogens is 2. The lowest BCUT2D eigenvalue weighted by atomic mass is 9.91. The van der Waals surface area contributed by atoms with E-state index in [2.05, 4.69) is 47.1 Å². The van der Waals surface area contributed by atoms with Crippen molar-refractivity contribution >= 4 is 15.9 Å². The topological polar surface area (TPSA) is 29.9 Å². The minimum Gasteiger partial charge on any atom is -0.309 e. The van der Waals surface area contributed by atoms with Crippen molar-refractivity contribution in [1.82, 2.24) is 15.1 Å². The summed E-state index contributed by atoms with van der Waals surface area (Å²) in [5.41, 5.74) is 2.57. The highest BCUT2D eigenvalue weighted by atomic mass is 79.9. The molecule has 1 N–H and O–H groups in total. The number of nitrogens with one attached hydrogen (secondary N) is 1. The van der Waals surface area contributed by atoms with Gasteiger partial charge in [0.1, 0.15) is 0 Å². The number of halogens is 1. The number of rotatable bonds is 1. The smallest absolute Gasteiger partial charge is 0.0938 e. The Morgan fingerprint density at radius 3 is 2.56 bits per heavy atom. The van der Waals surface area contributed by atoms with Crippen LogP contribution in [0.5, 0.6) is 0 Å². The van der Waals surface area contributed by atoms with Crippen LogP contribution in [-0.2, 0) is 12.5 Å². The summed E-state index contributed by atoms with van der Waals surface area (Å²) in [4.78, 5) is 0. The van der Waals surface area contributed by atoms with Gasteiger partial charge in [-0.25, -0.2) is 0 Å². The predicted molar refractivity (Wildman–Crippen MR) is 69.6 cm³/mol. The van der Waals surface area contributed by atoms with Crippen molar-refractivity contribution in [3.8, 4) is 0 Å². The molecule has 0 amide bonds. The fraction of sp³-hybridized carbons (Fsp3) is 0.750. The van der Waals surface area contributed by atoms with Gasteiger partial charge in [-0.15, -0.1) is 0 Å². The van der Waals surface area contributed by atoms with Gasteiger partial charge in [0.25, 0.3) is 0 Å². The quantitative estimate of drug-likeness (QED) is 0.860. The van der Waals surface area contributed by atoms with Crippen molar-refractivity contribution in [2.75, 3.05) is 6.54 Å². The van der Waals surface area contributed by atoms with Gasteiger partial charge in [-0.2, -0.15) is 5.10 Å². The SMILES string of the molecule is Cn1nc(C2CCCN2)c(Br)c1C(C)(C)C. The van der Waals surface area contributed by atoms with E-state index in [9.17, 15) is 0 Å². The minimum absolute atomic E-state index is 0.122. The summed E-state index contributed by atoms with van der Waals surface area (Å²) in [7, 11) is 2.03. The maximum absolute atomic E-state index is 4.67. The van der Waals surface area contributed by atoms with E-state index in [1.54, 1.807) is 0 Å². The molecule has 3 nitrogen and oxygen atoms in total. The zero-order valence-corrected chi connectivity index (χ0v) is 12.1. The minimum atomic E-state index is 0.122. The molecule has 90 valence electrons. The Hall–Kier alpha value is -0.350. The molecule has 1 aromatic heterocycles. The van der Waals surface area contributed by atoms with Gasteiger partial charge in [0, 0.05) is 12.5 Å². The Morgan fingerprint density at radius 2 is 2.12 bits per heavy atom. The van der Waals surface area contributed by atoms with Gasteiger partial charge in [0.15, 0.2) is 0 Å². The van der Waals surface area contributed by atoms with Crippen LogP contribution in [0.15, 0.2) is 4.47 Å². The summed E-state index contributed by atoms with van der Waals surface area (Å²) < 4.78 is 3.20. The zero-order valence-electron chi connectivity index (χ0n) is 10.5. The van der Waals surface area contributed by atoms with Crippen molar-refractivity contribution in [3.05, 3.63) is 15.9 Å². The van der Waals surface area contributed by atoms with Crippen LogP contribution in [0.2, 0.25) is 0 Å². The van der Waals surface area contributed by atoms with Gasteiger partial charge in [-0.05, 0) is 35.3 Å². The van der Waals surface area contributed by atoms with Gasteiger partial charge in [-0.3, -0.25) is 4.68 Å². The molecular formula is C12H20BrN3. The lowest BCUT2D eigenvalue weighted by Crippen LogP contribution is -2.17. The first-order valence-electron chi connectivity index (χ1n) is 5.87. The van der Waals surface area contributed by atoms with Crippen molar-refractivity contribution in [1.29, 1.82) is 0 Å². The van der Waals surface area contributed by atoms with Crippen molar-refractivity contribution in [2.24, 2.45) is 7.05 Å².